The third kappa shape index (κ3) is 2.90. The van der Waals surface area contributed by atoms with Gasteiger partial charge in [0.25, 0.3) is 0 Å². The molecule has 1 fully saturated rings. The van der Waals surface area contributed by atoms with E-state index in [2.05, 4.69) is 20.4 Å². The molecule has 0 aromatic carbocycles. The van der Waals surface area contributed by atoms with E-state index in [1.54, 1.807) is 6.20 Å². The quantitative estimate of drug-likeness (QED) is 0.736. The number of aliphatic hydroxyl groups excluding tert-OH is 1. The molecule has 2 heterocycles. The molecule has 5 nitrogen and oxygen atoms in total. The van der Waals surface area contributed by atoms with Gasteiger partial charge >= 0.3 is 0 Å². The summed E-state index contributed by atoms with van der Waals surface area (Å²) in [7, 11) is 0. The van der Waals surface area contributed by atoms with Gasteiger partial charge in [-0.25, -0.2) is 0 Å². The van der Waals surface area contributed by atoms with Crippen LogP contribution in [-0.2, 0) is 0 Å². The maximum absolute atomic E-state index is 9.06. The maximum Gasteiger partial charge on any atom is 0.151 e. The van der Waals surface area contributed by atoms with E-state index >= 15 is 0 Å². The predicted molar refractivity (Wildman–Crippen MR) is 62.4 cm³/mol. The molecule has 1 unspecified atom stereocenters. The molecule has 1 aliphatic heterocycles. The first kappa shape index (κ1) is 11.3. The molecule has 2 N–H and O–H groups in total. The fourth-order valence-corrected chi connectivity index (χ4v) is 2.06. The SMILES string of the molecule is OCCN(CC1CCCN1)c1cccnn1. The van der Waals surface area contributed by atoms with Crippen LogP contribution in [0.3, 0.4) is 0 Å². The summed E-state index contributed by atoms with van der Waals surface area (Å²) < 4.78 is 0. The highest BCUT2D eigenvalue weighted by Crippen LogP contribution is 2.12. The highest BCUT2D eigenvalue weighted by Gasteiger charge is 2.18. The topological polar surface area (TPSA) is 61.3 Å². The first-order valence-electron chi connectivity index (χ1n) is 5.77. The van der Waals surface area contributed by atoms with Gasteiger partial charge in [0.15, 0.2) is 5.82 Å². The van der Waals surface area contributed by atoms with Crippen LogP contribution in [0, 0.1) is 0 Å². The Hall–Kier alpha value is -1.20. The Morgan fingerprint density at radius 2 is 2.50 bits per heavy atom. The van der Waals surface area contributed by atoms with Gasteiger partial charge in [0.2, 0.25) is 0 Å². The average molecular weight is 222 g/mol. The minimum atomic E-state index is 0.142. The second kappa shape index (κ2) is 5.77. The summed E-state index contributed by atoms with van der Waals surface area (Å²) in [6.45, 7) is 2.73. The van der Waals surface area contributed by atoms with Crippen molar-refractivity contribution in [3.63, 3.8) is 0 Å². The Labute approximate surface area is 95.5 Å². The van der Waals surface area contributed by atoms with Crippen LogP contribution in [0.4, 0.5) is 5.82 Å². The van der Waals surface area contributed by atoms with Crippen LogP contribution < -0.4 is 10.2 Å². The smallest absolute Gasteiger partial charge is 0.151 e. The molecular weight excluding hydrogens is 204 g/mol. The zero-order chi connectivity index (χ0) is 11.2. The van der Waals surface area contributed by atoms with Crippen LogP contribution in [0.15, 0.2) is 18.3 Å². The van der Waals surface area contributed by atoms with E-state index in [1.165, 1.54) is 12.8 Å². The molecule has 0 radical (unpaired) electrons. The van der Waals surface area contributed by atoms with Crippen molar-refractivity contribution in [3.8, 4) is 0 Å². The van der Waals surface area contributed by atoms with Crippen LogP contribution in [-0.4, -0.2) is 47.6 Å². The Balaban J connectivity index is 1.99. The molecule has 0 saturated carbocycles. The Morgan fingerprint density at radius 3 is 3.12 bits per heavy atom. The fourth-order valence-electron chi connectivity index (χ4n) is 2.06. The number of anilines is 1. The standard InChI is InChI=1S/C11H18N4O/c16-8-7-15(9-10-3-1-5-12-10)11-4-2-6-13-14-11/h2,4,6,10,12,16H,1,3,5,7-9H2. The first-order chi connectivity index (χ1) is 7.90. The molecule has 0 aliphatic carbocycles. The Bertz CT molecular complexity index is 300. The molecule has 5 heteroatoms. The molecule has 1 saturated heterocycles. The van der Waals surface area contributed by atoms with Crippen LogP contribution in [0.25, 0.3) is 0 Å². The van der Waals surface area contributed by atoms with E-state index in [0.29, 0.717) is 12.6 Å². The molecule has 2 rings (SSSR count). The highest BCUT2D eigenvalue weighted by atomic mass is 16.3. The van der Waals surface area contributed by atoms with E-state index < -0.39 is 0 Å². The highest BCUT2D eigenvalue weighted by molar-refractivity contribution is 5.36. The normalized spacial score (nSPS) is 19.9. The number of rotatable bonds is 5. The van der Waals surface area contributed by atoms with E-state index in [0.717, 1.165) is 18.9 Å². The number of nitrogens with zero attached hydrogens (tertiary/aromatic N) is 3. The summed E-state index contributed by atoms with van der Waals surface area (Å²) >= 11 is 0. The van der Waals surface area contributed by atoms with Crippen molar-refractivity contribution < 1.29 is 5.11 Å². The fraction of sp³-hybridized carbons (Fsp3) is 0.636. The largest absolute Gasteiger partial charge is 0.395 e. The Morgan fingerprint density at radius 1 is 1.56 bits per heavy atom. The van der Waals surface area contributed by atoms with Gasteiger partial charge in [-0.1, -0.05) is 0 Å². The summed E-state index contributed by atoms with van der Waals surface area (Å²) in [5, 5.41) is 20.5. The maximum atomic E-state index is 9.06. The van der Waals surface area contributed by atoms with Gasteiger partial charge in [0.1, 0.15) is 0 Å². The number of aliphatic hydroxyl groups is 1. The third-order valence-corrected chi connectivity index (χ3v) is 2.86. The zero-order valence-corrected chi connectivity index (χ0v) is 9.34. The second-order valence-corrected chi connectivity index (χ2v) is 4.04. The summed E-state index contributed by atoms with van der Waals surface area (Å²) in [6.07, 6.45) is 4.09. The summed E-state index contributed by atoms with van der Waals surface area (Å²) in [5.41, 5.74) is 0. The lowest BCUT2D eigenvalue weighted by Crippen LogP contribution is -2.39. The van der Waals surface area contributed by atoms with Crippen LogP contribution in [0.2, 0.25) is 0 Å². The monoisotopic (exact) mass is 222 g/mol. The average Bonchev–Trinajstić information content (AvgIpc) is 2.83. The van der Waals surface area contributed by atoms with E-state index in [-0.39, 0.29) is 6.61 Å². The van der Waals surface area contributed by atoms with Crippen molar-refractivity contribution in [2.45, 2.75) is 18.9 Å². The van der Waals surface area contributed by atoms with Gasteiger partial charge in [-0.15, -0.1) is 5.10 Å². The molecule has 0 amide bonds. The number of hydrogen-bond donors (Lipinski definition) is 2. The molecule has 0 spiro atoms. The number of nitrogens with one attached hydrogen (secondary N) is 1. The minimum absolute atomic E-state index is 0.142. The summed E-state index contributed by atoms with van der Waals surface area (Å²) in [4.78, 5) is 2.08. The third-order valence-electron chi connectivity index (χ3n) is 2.86. The number of hydrogen-bond acceptors (Lipinski definition) is 5. The lowest BCUT2D eigenvalue weighted by atomic mass is 10.2. The molecule has 16 heavy (non-hydrogen) atoms. The second-order valence-electron chi connectivity index (χ2n) is 4.04. The molecule has 1 aromatic rings. The van der Waals surface area contributed by atoms with Gasteiger partial charge in [-0.05, 0) is 31.5 Å². The van der Waals surface area contributed by atoms with Crippen LogP contribution >= 0.6 is 0 Å². The van der Waals surface area contributed by atoms with Crippen molar-refractivity contribution in [2.75, 3.05) is 31.1 Å². The van der Waals surface area contributed by atoms with Crippen molar-refractivity contribution >= 4 is 5.82 Å². The number of aromatic nitrogens is 2. The first-order valence-corrected chi connectivity index (χ1v) is 5.77. The minimum Gasteiger partial charge on any atom is -0.395 e. The van der Waals surface area contributed by atoms with Gasteiger partial charge in [0, 0.05) is 25.3 Å². The lowest BCUT2D eigenvalue weighted by molar-refractivity contribution is 0.300. The summed E-state index contributed by atoms with van der Waals surface area (Å²) in [5.74, 6) is 0.838. The van der Waals surface area contributed by atoms with Gasteiger partial charge in [0.05, 0.1) is 6.61 Å². The van der Waals surface area contributed by atoms with Crippen molar-refractivity contribution in [1.29, 1.82) is 0 Å². The molecule has 1 atom stereocenters. The predicted octanol–water partition coefficient (Wildman–Crippen LogP) is 0.0273. The Kier molecular flexibility index (Phi) is 4.07. The van der Waals surface area contributed by atoms with Gasteiger partial charge in [-0.2, -0.15) is 5.10 Å². The summed E-state index contributed by atoms with van der Waals surface area (Å²) in [6, 6.07) is 4.31. The van der Waals surface area contributed by atoms with E-state index in [1.807, 2.05) is 12.1 Å². The van der Waals surface area contributed by atoms with Gasteiger partial charge < -0.3 is 15.3 Å². The van der Waals surface area contributed by atoms with Crippen LogP contribution in [0.1, 0.15) is 12.8 Å². The lowest BCUT2D eigenvalue weighted by Gasteiger charge is -2.25. The van der Waals surface area contributed by atoms with E-state index in [4.69, 9.17) is 5.11 Å². The molecular formula is C11H18N4O. The zero-order valence-electron chi connectivity index (χ0n) is 9.34. The van der Waals surface area contributed by atoms with Gasteiger partial charge in [-0.3, -0.25) is 0 Å². The van der Waals surface area contributed by atoms with Crippen molar-refractivity contribution in [2.24, 2.45) is 0 Å². The van der Waals surface area contributed by atoms with Crippen molar-refractivity contribution in [1.82, 2.24) is 15.5 Å². The van der Waals surface area contributed by atoms with Crippen LogP contribution in [0.5, 0.6) is 0 Å². The van der Waals surface area contributed by atoms with E-state index in [9.17, 15) is 0 Å². The molecule has 1 aliphatic rings. The molecule has 1 aromatic heterocycles. The van der Waals surface area contributed by atoms with Crippen molar-refractivity contribution in [3.05, 3.63) is 18.3 Å². The molecule has 0 bridgehead atoms. The molecule has 88 valence electrons.